The Morgan fingerprint density at radius 1 is 1.33 bits per heavy atom. The molecule has 0 aliphatic carbocycles. The van der Waals surface area contributed by atoms with Gasteiger partial charge in [-0.2, -0.15) is 0 Å². The zero-order chi connectivity index (χ0) is 12.5. The maximum Gasteiger partial charge on any atom is 0.183 e. The lowest BCUT2D eigenvalue weighted by atomic mass is 10.2. The first-order chi connectivity index (χ1) is 8.75. The maximum atomic E-state index is 12.2. The second-order valence-electron chi connectivity index (χ2n) is 4.17. The van der Waals surface area contributed by atoms with Gasteiger partial charge in [-0.15, -0.1) is 11.3 Å². The van der Waals surface area contributed by atoms with Crippen molar-refractivity contribution in [3.8, 4) is 0 Å². The van der Waals surface area contributed by atoms with Crippen LogP contribution in [0.4, 0.5) is 0 Å². The van der Waals surface area contributed by atoms with E-state index in [9.17, 15) is 4.79 Å². The number of hydrogen-bond donors (Lipinski definition) is 0. The number of thiophene rings is 1. The summed E-state index contributed by atoms with van der Waals surface area (Å²) in [5.41, 5.74) is 2.74. The second kappa shape index (κ2) is 4.38. The summed E-state index contributed by atoms with van der Waals surface area (Å²) < 4.78 is 1.90. The molecule has 0 unspecified atom stereocenters. The molecule has 0 atom stereocenters. The third kappa shape index (κ3) is 1.84. The SMILES string of the molecule is Cc1sccc1C(=O)Cn1cnc2ccccc21. The summed E-state index contributed by atoms with van der Waals surface area (Å²) in [5.74, 6) is 0.136. The molecule has 0 spiro atoms. The monoisotopic (exact) mass is 256 g/mol. The number of para-hydroxylation sites is 2. The Kier molecular flexibility index (Phi) is 2.72. The molecule has 0 saturated carbocycles. The maximum absolute atomic E-state index is 12.2. The van der Waals surface area contributed by atoms with E-state index in [1.807, 2.05) is 47.2 Å². The average molecular weight is 256 g/mol. The number of rotatable bonds is 3. The zero-order valence-electron chi connectivity index (χ0n) is 9.96. The Morgan fingerprint density at radius 2 is 2.17 bits per heavy atom. The number of benzene rings is 1. The predicted molar refractivity (Wildman–Crippen MR) is 73.1 cm³/mol. The fourth-order valence-electron chi connectivity index (χ4n) is 2.05. The fraction of sp³-hybridized carbons (Fsp3) is 0.143. The van der Waals surface area contributed by atoms with E-state index in [4.69, 9.17) is 0 Å². The number of carbonyl (C=O) groups excluding carboxylic acids is 1. The van der Waals surface area contributed by atoms with Crippen molar-refractivity contribution in [2.45, 2.75) is 13.5 Å². The van der Waals surface area contributed by atoms with Gasteiger partial charge in [-0.25, -0.2) is 4.98 Å². The highest BCUT2D eigenvalue weighted by Crippen LogP contribution is 2.18. The highest BCUT2D eigenvalue weighted by molar-refractivity contribution is 7.10. The van der Waals surface area contributed by atoms with Gasteiger partial charge in [0.05, 0.1) is 23.9 Å². The lowest BCUT2D eigenvalue weighted by Gasteiger charge is -2.03. The van der Waals surface area contributed by atoms with Crippen LogP contribution in [0.25, 0.3) is 11.0 Å². The Labute approximate surface area is 109 Å². The largest absolute Gasteiger partial charge is 0.323 e. The molecule has 90 valence electrons. The van der Waals surface area contributed by atoms with Crippen LogP contribution in [-0.4, -0.2) is 15.3 Å². The number of imidazole rings is 1. The molecule has 0 N–H and O–H groups in total. The van der Waals surface area contributed by atoms with Gasteiger partial charge < -0.3 is 4.57 Å². The number of hydrogen-bond acceptors (Lipinski definition) is 3. The zero-order valence-corrected chi connectivity index (χ0v) is 10.8. The predicted octanol–water partition coefficient (Wildman–Crippen LogP) is 3.29. The van der Waals surface area contributed by atoms with E-state index in [-0.39, 0.29) is 5.78 Å². The molecule has 18 heavy (non-hydrogen) atoms. The van der Waals surface area contributed by atoms with E-state index in [2.05, 4.69) is 4.98 Å². The van der Waals surface area contributed by atoms with Crippen molar-refractivity contribution < 1.29 is 4.79 Å². The number of aryl methyl sites for hydroxylation is 1. The second-order valence-corrected chi connectivity index (χ2v) is 5.30. The number of aromatic nitrogens is 2. The molecule has 0 bridgehead atoms. The van der Waals surface area contributed by atoms with Gasteiger partial charge in [-0.1, -0.05) is 12.1 Å². The summed E-state index contributed by atoms with van der Waals surface area (Å²) in [6.45, 7) is 2.32. The van der Waals surface area contributed by atoms with Gasteiger partial charge in [-0.05, 0) is 30.5 Å². The molecule has 2 heterocycles. The van der Waals surface area contributed by atoms with Crippen LogP contribution in [0.5, 0.6) is 0 Å². The molecule has 3 aromatic rings. The van der Waals surface area contributed by atoms with Crippen LogP contribution in [-0.2, 0) is 6.54 Å². The third-order valence-electron chi connectivity index (χ3n) is 3.00. The van der Waals surface area contributed by atoms with Gasteiger partial charge in [-0.3, -0.25) is 4.79 Å². The Hall–Kier alpha value is -1.94. The van der Waals surface area contributed by atoms with Gasteiger partial charge in [0.25, 0.3) is 0 Å². The van der Waals surface area contributed by atoms with Gasteiger partial charge in [0, 0.05) is 10.4 Å². The fourth-order valence-corrected chi connectivity index (χ4v) is 2.77. The third-order valence-corrected chi connectivity index (χ3v) is 3.85. The topological polar surface area (TPSA) is 34.9 Å². The van der Waals surface area contributed by atoms with Gasteiger partial charge >= 0.3 is 0 Å². The number of Topliss-reactive ketones (excluding diaryl/α,β-unsaturated/α-hetero) is 1. The van der Waals surface area contributed by atoms with Crippen molar-refractivity contribution in [3.63, 3.8) is 0 Å². The molecule has 3 rings (SSSR count). The van der Waals surface area contributed by atoms with E-state index in [0.29, 0.717) is 6.54 Å². The van der Waals surface area contributed by atoms with Gasteiger partial charge in [0.1, 0.15) is 0 Å². The van der Waals surface area contributed by atoms with Crippen molar-refractivity contribution in [1.29, 1.82) is 0 Å². The molecule has 0 saturated heterocycles. The van der Waals surface area contributed by atoms with Crippen LogP contribution >= 0.6 is 11.3 Å². The van der Waals surface area contributed by atoms with Crippen molar-refractivity contribution in [2.75, 3.05) is 0 Å². The van der Waals surface area contributed by atoms with Crippen LogP contribution in [0, 0.1) is 6.92 Å². The van der Waals surface area contributed by atoms with Crippen LogP contribution in [0.3, 0.4) is 0 Å². The van der Waals surface area contributed by atoms with Gasteiger partial charge in [0.15, 0.2) is 5.78 Å². The van der Waals surface area contributed by atoms with Gasteiger partial charge in [0.2, 0.25) is 0 Å². The van der Waals surface area contributed by atoms with Crippen molar-refractivity contribution in [1.82, 2.24) is 9.55 Å². The summed E-state index contributed by atoms with van der Waals surface area (Å²) in [6.07, 6.45) is 1.73. The average Bonchev–Trinajstić information content (AvgIpc) is 2.97. The van der Waals surface area contributed by atoms with Crippen LogP contribution in [0.2, 0.25) is 0 Å². The Balaban J connectivity index is 1.93. The minimum atomic E-state index is 0.136. The van der Waals surface area contributed by atoms with E-state index in [1.54, 1.807) is 17.7 Å². The lowest BCUT2D eigenvalue weighted by molar-refractivity contribution is 0.0973. The van der Waals surface area contributed by atoms with E-state index in [1.165, 1.54) is 0 Å². The van der Waals surface area contributed by atoms with Crippen molar-refractivity contribution >= 4 is 28.2 Å². The first-order valence-corrected chi connectivity index (χ1v) is 6.61. The molecular formula is C14H12N2OS. The first-order valence-electron chi connectivity index (χ1n) is 5.73. The summed E-state index contributed by atoms with van der Waals surface area (Å²) in [4.78, 5) is 17.6. The van der Waals surface area contributed by atoms with Crippen molar-refractivity contribution in [2.24, 2.45) is 0 Å². The smallest absolute Gasteiger partial charge is 0.183 e. The number of carbonyl (C=O) groups is 1. The van der Waals surface area contributed by atoms with E-state index >= 15 is 0 Å². The highest BCUT2D eigenvalue weighted by Gasteiger charge is 2.12. The lowest BCUT2D eigenvalue weighted by Crippen LogP contribution is -2.09. The molecular weight excluding hydrogens is 244 g/mol. The number of fused-ring (bicyclic) bond motifs is 1. The molecule has 0 aliphatic rings. The molecule has 0 amide bonds. The van der Waals surface area contributed by atoms with E-state index in [0.717, 1.165) is 21.5 Å². The minimum absolute atomic E-state index is 0.136. The molecule has 0 radical (unpaired) electrons. The van der Waals surface area contributed by atoms with Crippen LogP contribution in [0.1, 0.15) is 15.2 Å². The molecule has 3 nitrogen and oxygen atoms in total. The summed E-state index contributed by atoms with van der Waals surface area (Å²) >= 11 is 1.60. The number of nitrogens with zero attached hydrogens (tertiary/aromatic N) is 2. The van der Waals surface area contributed by atoms with Crippen LogP contribution < -0.4 is 0 Å². The highest BCUT2D eigenvalue weighted by atomic mass is 32.1. The number of ketones is 1. The molecule has 0 aliphatic heterocycles. The standard InChI is InChI=1S/C14H12N2OS/c1-10-11(6-7-18-10)14(17)8-16-9-15-12-4-2-3-5-13(12)16/h2-7,9H,8H2,1H3. The van der Waals surface area contributed by atoms with E-state index < -0.39 is 0 Å². The molecule has 1 aromatic carbocycles. The first kappa shape index (κ1) is 11.2. The molecule has 0 fully saturated rings. The van der Waals surface area contributed by atoms with Crippen molar-refractivity contribution in [3.05, 3.63) is 52.5 Å². The summed E-state index contributed by atoms with van der Waals surface area (Å²) in [7, 11) is 0. The summed E-state index contributed by atoms with van der Waals surface area (Å²) in [6, 6.07) is 9.73. The normalized spacial score (nSPS) is 10.9. The molecule has 4 heteroatoms. The minimum Gasteiger partial charge on any atom is -0.323 e. The quantitative estimate of drug-likeness (QED) is 0.674. The molecule has 2 aromatic heterocycles. The summed E-state index contributed by atoms with van der Waals surface area (Å²) in [5, 5.41) is 1.95. The Bertz CT molecular complexity index is 711. The Morgan fingerprint density at radius 3 is 2.94 bits per heavy atom. The van der Waals surface area contributed by atoms with Crippen LogP contribution in [0.15, 0.2) is 42.0 Å².